The number of nitrogens with zero attached hydrogens (tertiary/aromatic N) is 2. The van der Waals surface area contributed by atoms with Gasteiger partial charge in [0.15, 0.2) is 5.69 Å². The van der Waals surface area contributed by atoms with Crippen LogP contribution >= 0.6 is 0 Å². The number of hydrogen-bond donors (Lipinski definition) is 2. The van der Waals surface area contributed by atoms with Crippen molar-refractivity contribution in [3.63, 3.8) is 0 Å². The molecule has 0 bridgehead atoms. The van der Waals surface area contributed by atoms with Gasteiger partial charge in [0.05, 0.1) is 11.7 Å². The van der Waals surface area contributed by atoms with E-state index < -0.39 is 5.97 Å². The lowest BCUT2D eigenvalue weighted by molar-refractivity contribution is 0.0689. The number of carbonyl (C=O) groups is 1. The maximum absolute atomic E-state index is 11.3. The van der Waals surface area contributed by atoms with Crippen LogP contribution in [0.15, 0.2) is 0 Å². The minimum Gasteiger partial charge on any atom is -0.476 e. The normalized spacial score (nSPS) is 23.7. The summed E-state index contributed by atoms with van der Waals surface area (Å²) in [5.74, 6) is 0.0597. The number of nitrogens with one attached hydrogen (secondary N) is 1. The molecule has 0 saturated carbocycles. The zero-order valence-electron chi connectivity index (χ0n) is 10.5. The Morgan fingerprint density at radius 1 is 1.33 bits per heavy atom. The lowest BCUT2D eigenvalue weighted by Crippen LogP contribution is -2.30. The minimum atomic E-state index is -0.886. The van der Waals surface area contributed by atoms with Crippen molar-refractivity contribution in [1.82, 2.24) is 14.9 Å². The van der Waals surface area contributed by atoms with Crippen LogP contribution in [-0.4, -0.2) is 27.2 Å². The second-order valence-corrected chi connectivity index (χ2v) is 5.18. The minimum absolute atomic E-state index is 0.240. The number of aromatic nitrogens is 2. The quantitative estimate of drug-likeness (QED) is 0.837. The van der Waals surface area contributed by atoms with Crippen LogP contribution in [0.25, 0.3) is 0 Å². The lowest BCUT2D eigenvalue weighted by atomic mass is 10.0. The van der Waals surface area contributed by atoms with Crippen LogP contribution in [0.5, 0.6) is 0 Å². The fraction of sp³-hybridized carbons (Fsp3) is 0.692. The summed E-state index contributed by atoms with van der Waals surface area (Å²) < 4.78 is 2.15. The highest BCUT2D eigenvalue weighted by Gasteiger charge is 2.28. The van der Waals surface area contributed by atoms with E-state index in [2.05, 4.69) is 14.9 Å². The Morgan fingerprint density at radius 3 is 2.94 bits per heavy atom. The molecule has 1 aromatic rings. The Bertz CT molecular complexity index is 461. The van der Waals surface area contributed by atoms with Gasteiger partial charge in [-0.3, -0.25) is 0 Å². The van der Waals surface area contributed by atoms with E-state index in [-0.39, 0.29) is 11.7 Å². The summed E-state index contributed by atoms with van der Waals surface area (Å²) in [4.78, 5) is 15.7. The van der Waals surface area contributed by atoms with Crippen molar-refractivity contribution in [3.8, 4) is 0 Å². The molecule has 0 spiro atoms. The van der Waals surface area contributed by atoms with Crippen LogP contribution in [0.1, 0.15) is 60.2 Å². The van der Waals surface area contributed by atoms with Gasteiger partial charge in [0.1, 0.15) is 5.82 Å². The van der Waals surface area contributed by atoms with E-state index in [4.69, 9.17) is 0 Å². The van der Waals surface area contributed by atoms with Gasteiger partial charge in [0.2, 0.25) is 0 Å². The largest absolute Gasteiger partial charge is 0.476 e. The predicted molar refractivity (Wildman–Crippen MR) is 66.7 cm³/mol. The number of piperidine rings is 1. The maximum Gasteiger partial charge on any atom is 0.356 e. The molecule has 1 fully saturated rings. The number of carboxylic acids is 1. The fourth-order valence-electron chi connectivity index (χ4n) is 3.08. The zero-order valence-corrected chi connectivity index (χ0v) is 10.5. The van der Waals surface area contributed by atoms with E-state index in [0.717, 1.165) is 50.3 Å². The molecule has 1 unspecified atom stereocenters. The first-order chi connectivity index (χ1) is 8.77. The summed E-state index contributed by atoms with van der Waals surface area (Å²) in [7, 11) is 0. The maximum atomic E-state index is 11.3. The van der Waals surface area contributed by atoms with Gasteiger partial charge in [-0.1, -0.05) is 6.42 Å². The van der Waals surface area contributed by atoms with E-state index in [9.17, 15) is 9.90 Å². The van der Waals surface area contributed by atoms with E-state index in [0.29, 0.717) is 0 Å². The molecule has 0 aliphatic carbocycles. The monoisotopic (exact) mass is 249 g/mol. The topological polar surface area (TPSA) is 67.2 Å². The summed E-state index contributed by atoms with van der Waals surface area (Å²) in [6.07, 6.45) is 6.51. The van der Waals surface area contributed by atoms with Crippen LogP contribution in [0, 0.1) is 0 Å². The smallest absolute Gasteiger partial charge is 0.356 e. The molecule has 0 aromatic carbocycles. The molecule has 3 heterocycles. The van der Waals surface area contributed by atoms with E-state index in [1.165, 1.54) is 12.8 Å². The third-order valence-electron chi connectivity index (χ3n) is 3.97. The second-order valence-electron chi connectivity index (χ2n) is 5.18. The summed E-state index contributed by atoms with van der Waals surface area (Å²) in [6, 6.07) is 0.240. The molecule has 18 heavy (non-hydrogen) atoms. The highest BCUT2D eigenvalue weighted by atomic mass is 16.4. The number of carboxylic acid groups (broad SMARTS) is 1. The van der Waals surface area contributed by atoms with Gasteiger partial charge < -0.3 is 15.0 Å². The summed E-state index contributed by atoms with van der Waals surface area (Å²) in [5, 5.41) is 12.7. The average Bonchev–Trinajstić information content (AvgIpc) is 2.79. The predicted octanol–water partition coefficient (Wildman–Crippen LogP) is 1.73. The van der Waals surface area contributed by atoms with Gasteiger partial charge in [-0.2, -0.15) is 0 Å². The Hall–Kier alpha value is -1.36. The summed E-state index contributed by atoms with van der Waals surface area (Å²) in [6.45, 7) is 1.93. The van der Waals surface area contributed by atoms with Crippen molar-refractivity contribution in [2.45, 2.75) is 51.1 Å². The molecular weight excluding hydrogens is 230 g/mol. The highest BCUT2D eigenvalue weighted by Crippen LogP contribution is 2.28. The molecule has 5 nitrogen and oxygen atoms in total. The molecule has 1 saturated heterocycles. The molecule has 5 heteroatoms. The van der Waals surface area contributed by atoms with Gasteiger partial charge in [-0.05, 0) is 38.6 Å². The molecule has 0 amide bonds. The van der Waals surface area contributed by atoms with Crippen molar-refractivity contribution in [1.29, 1.82) is 0 Å². The highest BCUT2D eigenvalue weighted by molar-refractivity contribution is 5.87. The van der Waals surface area contributed by atoms with Crippen molar-refractivity contribution >= 4 is 5.97 Å². The Labute approximate surface area is 106 Å². The fourth-order valence-corrected chi connectivity index (χ4v) is 3.08. The third kappa shape index (κ3) is 1.92. The molecule has 2 aliphatic heterocycles. The Morgan fingerprint density at radius 2 is 2.22 bits per heavy atom. The SMILES string of the molecule is O=C(O)c1nc(C2CCCCN2)n2c1CCCC2. The number of rotatable bonds is 2. The summed E-state index contributed by atoms with van der Waals surface area (Å²) >= 11 is 0. The van der Waals surface area contributed by atoms with Crippen LogP contribution in [-0.2, 0) is 13.0 Å². The first-order valence-corrected chi connectivity index (χ1v) is 6.83. The van der Waals surface area contributed by atoms with Gasteiger partial charge in [-0.15, -0.1) is 0 Å². The van der Waals surface area contributed by atoms with Crippen LogP contribution < -0.4 is 5.32 Å². The van der Waals surface area contributed by atoms with Gasteiger partial charge in [-0.25, -0.2) is 9.78 Å². The van der Waals surface area contributed by atoms with Crippen LogP contribution in [0.4, 0.5) is 0 Å². The van der Waals surface area contributed by atoms with Gasteiger partial charge in [0, 0.05) is 6.54 Å². The number of aromatic carboxylic acids is 1. The third-order valence-corrected chi connectivity index (χ3v) is 3.97. The first-order valence-electron chi connectivity index (χ1n) is 6.83. The number of imidazole rings is 1. The molecule has 1 aromatic heterocycles. The standard InChI is InChI=1S/C13H19N3O2/c17-13(18)11-10-6-2-4-8-16(10)12(15-11)9-5-1-3-7-14-9/h9,14H,1-8H2,(H,17,18). The molecule has 1 atom stereocenters. The van der Waals surface area contributed by atoms with E-state index >= 15 is 0 Å². The van der Waals surface area contributed by atoms with E-state index in [1.807, 2.05) is 0 Å². The van der Waals surface area contributed by atoms with Crippen molar-refractivity contribution in [2.75, 3.05) is 6.54 Å². The summed E-state index contributed by atoms with van der Waals surface area (Å²) in [5.41, 5.74) is 1.20. The molecule has 0 radical (unpaired) electrons. The number of fused-ring (bicyclic) bond motifs is 1. The second kappa shape index (κ2) is 4.72. The molecule has 2 N–H and O–H groups in total. The van der Waals surface area contributed by atoms with Crippen molar-refractivity contribution < 1.29 is 9.90 Å². The Balaban J connectivity index is 2.00. The van der Waals surface area contributed by atoms with E-state index in [1.54, 1.807) is 0 Å². The average molecular weight is 249 g/mol. The first kappa shape index (κ1) is 11.7. The molecular formula is C13H19N3O2. The molecule has 98 valence electrons. The molecule has 3 rings (SSSR count). The van der Waals surface area contributed by atoms with Crippen molar-refractivity contribution in [3.05, 3.63) is 17.2 Å². The van der Waals surface area contributed by atoms with Crippen LogP contribution in [0.2, 0.25) is 0 Å². The lowest BCUT2D eigenvalue weighted by Gasteiger charge is -2.25. The zero-order chi connectivity index (χ0) is 12.5. The van der Waals surface area contributed by atoms with Crippen molar-refractivity contribution in [2.24, 2.45) is 0 Å². The van der Waals surface area contributed by atoms with Gasteiger partial charge >= 0.3 is 5.97 Å². The Kier molecular flexibility index (Phi) is 3.07. The van der Waals surface area contributed by atoms with Crippen LogP contribution in [0.3, 0.4) is 0 Å². The van der Waals surface area contributed by atoms with Gasteiger partial charge in [0.25, 0.3) is 0 Å². The number of hydrogen-bond acceptors (Lipinski definition) is 3. The molecule has 2 aliphatic rings.